The van der Waals surface area contributed by atoms with Crippen LogP contribution in [0, 0.1) is 0 Å². The van der Waals surface area contributed by atoms with Crippen LogP contribution in [0.3, 0.4) is 0 Å². The third kappa shape index (κ3) is 4.01. The molecule has 0 saturated heterocycles. The number of carboxylic acids is 1. The maximum atomic E-state index is 11.2. The quantitative estimate of drug-likeness (QED) is 0.813. The van der Waals surface area contributed by atoms with Gasteiger partial charge >= 0.3 is 5.97 Å². The highest BCUT2D eigenvalue weighted by molar-refractivity contribution is 9.09. The molecule has 1 rings (SSSR count). The Kier molecular flexibility index (Phi) is 4.77. The molecule has 0 radical (unpaired) electrons. The zero-order valence-corrected chi connectivity index (χ0v) is 10.2. The van der Waals surface area contributed by atoms with E-state index in [1.807, 2.05) is 17.5 Å². The molecule has 4 nitrogen and oxygen atoms in total. The van der Waals surface area contributed by atoms with Crippen LogP contribution in [0.15, 0.2) is 17.5 Å². The predicted molar refractivity (Wildman–Crippen MR) is 61.2 cm³/mol. The molecule has 0 aliphatic rings. The van der Waals surface area contributed by atoms with E-state index < -0.39 is 12.0 Å². The number of aliphatic carboxylic acids is 1. The van der Waals surface area contributed by atoms with Gasteiger partial charge in [-0.15, -0.1) is 11.3 Å². The van der Waals surface area contributed by atoms with Crippen molar-refractivity contribution in [2.24, 2.45) is 0 Å². The molecule has 1 aromatic heterocycles. The molecule has 82 valence electrons. The highest BCUT2D eigenvalue weighted by atomic mass is 79.9. The van der Waals surface area contributed by atoms with E-state index in [1.165, 1.54) is 11.3 Å². The summed E-state index contributed by atoms with van der Waals surface area (Å²) in [5.41, 5.74) is 0. The number of hydrogen-bond donors (Lipinski definition) is 2. The van der Waals surface area contributed by atoms with E-state index in [4.69, 9.17) is 5.11 Å². The molecule has 1 unspecified atom stereocenters. The second-order valence-corrected chi connectivity index (χ2v) is 4.41. The Hall–Kier alpha value is -0.880. The van der Waals surface area contributed by atoms with Gasteiger partial charge in [-0.3, -0.25) is 9.59 Å². The van der Waals surface area contributed by atoms with E-state index in [0.717, 1.165) is 4.88 Å². The molecule has 0 saturated carbocycles. The second-order valence-electron chi connectivity index (χ2n) is 2.87. The van der Waals surface area contributed by atoms with Crippen molar-refractivity contribution in [3.05, 3.63) is 22.4 Å². The van der Waals surface area contributed by atoms with Crippen molar-refractivity contribution in [3.63, 3.8) is 0 Å². The van der Waals surface area contributed by atoms with Crippen LogP contribution >= 0.6 is 27.3 Å². The lowest BCUT2D eigenvalue weighted by molar-refractivity contribution is -0.137. The van der Waals surface area contributed by atoms with E-state index in [0.29, 0.717) is 0 Å². The molecule has 15 heavy (non-hydrogen) atoms. The third-order valence-corrected chi connectivity index (χ3v) is 3.22. The van der Waals surface area contributed by atoms with Gasteiger partial charge in [0.05, 0.1) is 17.8 Å². The summed E-state index contributed by atoms with van der Waals surface area (Å²) in [7, 11) is 0. The van der Waals surface area contributed by atoms with Gasteiger partial charge < -0.3 is 10.4 Å². The summed E-state index contributed by atoms with van der Waals surface area (Å²) >= 11 is 4.45. The van der Waals surface area contributed by atoms with Crippen LogP contribution in [-0.4, -0.2) is 22.3 Å². The molecule has 0 bridgehead atoms. The van der Waals surface area contributed by atoms with E-state index in [2.05, 4.69) is 21.2 Å². The van der Waals surface area contributed by atoms with Crippen molar-refractivity contribution in [2.45, 2.75) is 12.5 Å². The van der Waals surface area contributed by atoms with Gasteiger partial charge in [-0.1, -0.05) is 22.0 Å². The zero-order chi connectivity index (χ0) is 11.3. The van der Waals surface area contributed by atoms with Gasteiger partial charge in [0.25, 0.3) is 0 Å². The lowest BCUT2D eigenvalue weighted by atomic mass is 10.1. The summed E-state index contributed by atoms with van der Waals surface area (Å²) < 4.78 is 0. The number of carboxylic acid groups (broad SMARTS) is 1. The van der Waals surface area contributed by atoms with Crippen molar-refractivity contribution in [2.75, 3.05) is 5.33 Å². The summed E-state index contributed by atoms with van der Waals surface area (Å²) in [6.45, 7) is 0. The molecule has 1 amide bonds. The molecule has 0 aromatic carbocycles. The highest BCUT2D eigenvalue weighted by Crippen LogP contribution is 2.21. The van der Waals surface area contributed by atoms with Crippen LogP contribution in [0.4, 0.5) is 0 Å². The SMILES string of the molecule is O=C(O)CC(NC(=O)CBr)c1cccs1. The first-order valence-corrected chi connectivity index (χ1v) is 6.24. The first-order chi connectivity index (χ1) is 7.13. The maximum absolute atomic E-state index is 11.2. The Morgan fingerprint density at radius 2 is 2.33 bits per heavy atom. The van der Waals surface area contributed by atoms with Gasteiger partial charge in [0.15, 0.2) is 0 Å². The smallest absolute Gasteiger partial charge is 0.305 e. The molecule has 6 heteroatoms. The van der Waals surface area contributed by atoms with E-state index in [9.17, 15) is 9.59 Å². The number of rotatable bonds is 5. The Morgan fingerprint density at radius 1 is 1.60 bits per heavy atom. The molecule has 1 atom stereocenters. The maximum Gasteiger partial charge on any atom is 0.305 e. The standard InChI is InChI=1S/C9H10BrNO3S/c10-5-8(12)11-6(4-9(13)14)7-2-1-3-15-7/h1-3,6H,4-5H2,(H,11,12)(H,13,14). The van der Waals surface area contributed by atoms with Gasteiger partial charge in [0, 0.05) is 4.88 Å². The Labute approximate surface area is 99.4 Å². The van der Waals surface area contributed by atoms with E-state index >= 15 is 0 Å². The lowest BCUT2D eigenvalue weighted by Gasteiger charge is -2.14. The fraction of sp³-hybridized carbons (Fsp3) is 0.333. The van der Waals surface area contributed by atoms with Crippen LogP contribution in [0.25, 0.3) is 0 Å². The number of halogens is 1. The molecule has 0 spiro atoms. The van der Waals surface area contributed by atoms with E-state index in [-0.39, 0.29) is 17.7 Å². The third-order valence-electron chi connectivity index (χ3n) is 1.72. The van der Waals surface area contributed by atoms with Crippen LogP contribution in [0.2, 0.25) is 0 Å². The number of thiophene rings is 1. The van der Waals surface area contributed by atoms with E-state index in [1.54, 1.807) is 0 Å². The van der Waals surface area contributed by atoms with Crippen molar-refractivity contribution in [3.8, 4) is 0 Å². The largest absolute Gasteiger partial charge is 0.481 e. The summed E-state index contributed by atoms with van der Waals surface area (Å²) in [5, 5.41) is 13.4. The van der Waals surface area contributed by atoms with Crippen molar-refractivity contribution < 1.29 is 14.7 Å². The number of nitrogens with one attached hydrogen (secondary N) is 1. The summed E-state index contributed by atoms with van der Waals surface area (Å²) in [5.74, 6) is -1.14. The van der Waals surface area contributed by atoms with Crippen LogP contribution < -0.4 is 5.32 Å². The highest BCUT2D eigenvalue weighted by Gasteiger charge is 2.18. The summed E-state index contributed by atoms with van der Waals surface area (Å²) in [6.07, 6.45) is -0.0980. The summed E-state index contributed by atoms with van der Waals surface area (Å²) in [6, 6.07) is 3.20. The van der Waals surface area contributed by atoms with Gasteiger partial charge in [0.2, 0.25) is 5.91 Å². The Bertz CT molecular complexity index is 339. The number of carbonyl (C=O) groups is 2. The molecule has 1 heterocycles. The van der Waals surface area contributed by atoms with Gasteiger partial charge in [-0.05, 0) is 11.4 Å². The predicted octanol–water partition coefficient (Wildman–Crippen LogP) is 1.78. The molecule has 0 aliphatic heterocycles. The minimum Gasteiger partial charge on any atom is -0.481 e. The van der Waals surface area contributed by atoms with Crippen LogP contribution in [0.1, 0.15) is 17.3 Å². The molecule has 0 fully saturated rings. The average molecular weight is 292 g/mol. The molecule has 1 aromatic rings. The molecular weight excluding hydrogens is 282 g/mol. The molecule has 0 aliphatic carbocycles. The van der Waals surface area contributed by atoms with Crippen LogP contribution in [-0.2, 0) is 9.59 Å². The number of alkyl halides is 1. The van der Waals surface area contributed by atoms with Crippen molar-refractivity contribution in [1.82, 2.24) is 5.32 Å². The first kappa shape index (κ1) is 12.2. The number of carbonyl (C=O) groups excluding carboxylic acids is 1. The summed E-state index contributed by atoms with van der Waals surface area (Å²) in [4.78, 5) is 22.6. The topological polar surface area (TPSA) is 66.4 Å². The monoisotopic (exact) mass is 291 g/mol. The van der Waals surface area contributed by atoms with Crippen molar-refractivity contribution >= 4 is 39.1 Å². The molecule has 2 N–H and O–H groups in total. The average Bonchev–Trinajstić information content (AvgIpc) is 2.68. The van der Waals surface area contributed by atoms with Gasteiger partial charge in [-0.25, -0.2) is 0 Å². The van der Waals surface area contributed by atoms with Gasteiger partial charge in [-0.2, -0.15) is 0 Å². The minimum atomic E-state index is -0.928. The fourth-order valence-corrected chi connectivity index (χ4v) is 2.06. The number of hydrogen-bond acceptors (Lipinski definition) is 3. The van der Waals surface area contributed by atoms with Crippen molar-refractivity contribution in [1.29, 1.82) is 0 Å². The normalized spacial score (nSPS) is 12.1. The molecular formula is C9H10BrNO3S. The zero-order valence-electron chi connectivity index (χ0n) is 7.77. The fourth-order valence-electron chi connectivity index (χ4n) is 1.12. The Morgan fingerprint density at radius 3 is 2.80 bits per heavy atom. The number of amides is 1. The first-order valence-electron chi connectivity index (χ1n) is 4.24. The minimum absolute atomic E-state index is 0.0980. The lowest BCUT2D eigenvalue weighted by Crippen LogP contribution is -2.30. The van der Waals surface area contributed by atoms with Crippen LogP contribution in [0.5, 0.6) is 0 Å². The van der Waals surface area contributed by atoms with Gasteiger partial charge in [0.1, 0.15) is 0 Å². The second kappa shape index (κ2) is 5.87. The Balaban J connectivity index is 2.70.